The first-order valence-corrected chi connectivity index (χ1v) is 6.91. The van der Waals surface area contributed by atoms with Crippen molar-refractivity contribution in [2.45, 2.75) is 33.4 Å². The quantitative estimate of drug-likeness (QED) is 0.862. The molecule has 0 fully saturated rings. The molecular weight excluding hydrogens is 244 g/mol. The van der Waals surface area contributed by atoms with E-state index in [0.717, 1.165) is 24.0 Å². The molecule has 0 radical (unpaired) electrons. The number of aryl methyl sites for hydroxylation is 1. The molecule has 1 heterocycles. The lowest BCUT2D eigenvalue weighted by Crippen LogP contribution is -2.04. The van der Waals surface area contributed by atoms with Crippen LogP contribution in [0.3, 0.4) is 0 Å². The summed E-state index contributed by atoms with van der Waals surface area (Å²) in [5.74, 6) is 0.717. The van der Waals surface area contributed by atoms with E-state index in [1.165, 1.54) is 22.9 Å². The van der Waals surface area contributed by atoms with E-state index in [0.29, 0.717) is 0 Å². The Hall–Kier alpha value is -0.990. The van der Waals surface area contributed by atoms with E-state index >= 15 is 0 Å². The number of rotatable bonds is 5. The van der Waals surface area contributed by atoms with Gasteiger partial charge in [0.05, 0.1) is 0 Å². The summed E-state index contributed by atoms with van der Waals surface area (Å²) in [4.78, 5) is 0. The van der Waals surface area contributed by atoms with Gasteiger partial charge in [0.15, 0.2) is 0 Å². The van der Waals surface area contributed by atoms with Gasteiger partial charge in [-0.15, -0.1) is 0 Å². The van der Waals surface area contributed by atoms with Crippen molar-refractivity contribution in [3.05, 3.63) is 35.0 Å². The zero-order chi connectivity index (χ0) is 13.1. The minimum atomic E-state index is 0.717. The molecule has 0 unspecified atom stereocenters. The molecule has 0 saturated carbocycles. The van der Waals surface area contributed by atoms with E-state index in [-0.39, 0.29) is 0 Å². The highest BCUT2D eigenvalue weighted by molar-refractivity contribution is 6.31. The van der Waals surface area contributed by atoms with E-state index in [1.807, 2.05) is 13.1 Å². The molecule has 1 aromatic carbocycles. The minimum Gasteiger partial charge on any atom is -0.347 e. The number of hydrogen-bond acceptors (Lipinski definition) is 1. The summed E-state index contributed by atoms with van der Waals surface area (Å²) in [5.41, 5.74) is 2.58. The van der Waals surface area contributed by atoms with Gasteiger partial charge < -0.3 is 9.88 Å². The van der Waals surface area contributed by atoms with Crippen molar-refractivity contribution in [1.82, 2.24) is 9.88 Å². The van der Waals surface area contributed by atoms with E-state index in [2.05, 4.69) is 42.1 Å². The normalized spacial score (nSPS) is 11.6. The largest absolute Gasteiger partial charge is 0.347 e. The number of hydrogen-bond donors (Lipinski definition) is 1. The smallest absolute Gasteiger partial charge is 0.0498 e. The Morgan fingerprint density at radius 1 is 1.33 bits per heavy atom. The second-order valence-electron chi connectivity index (χ2n) is 5.22. The Morgan fingerprint density at radius 2 is 2.11 bits per heavy atom. The molecule has 0 saturated heterocycles. The van der Waals surface area contributed by atoms with Crippen LogP contribution in [0, 0.1) is 5.92 Å². The fourth-order valence-corrected chi connectivity index (χ4v) is 2.42. The third kappa shape index (κ3) is 2.88. The lowest BCUT2D eigenvalue weighted by Gasteiger charge is -2.07. The maximum Gasteiger partial charge on any atom is 0.0498 e. The highest BCUT2D eigenvalue weighted by Crippen LogP contribution is 2.25. The average molecular weight is 265 g/mol. The molecule has 2 nitrogen and oxygen atoms in total. The second kappa shape index (κ2) is 5.77. The summed E-state index contributed by atoms with van der Waals surface area (Å²) < 4.78 is 2.33. The summed E-state index contributed by atoms with van der Waals surface area (Å²) in [7, 11) is 1.98. The molecule has 0 aliphatic heterocycles. The molecule has 0 amide bonds. The number of benzene rings is 1. The number of nitrogens with one attached hydrogen (secondary N) is 1. The number of nitrogens with zero attached hydrogens (tertiary/aromatic N) is 1. The summed E-state index contributed by atoms with van der Waals surface area (Å²) in [6.45, 7) is 6.46. The zero-order valence-electron chi connectivity index (χ0n) is 11.3. The van der Waals surface area contributed by atoms with Crippen molar-refractivity contribution in [3.8, 4) is 0 Å². The van der Waals surface area contributed by atoms with Gasteiger partial charge in [0.2, 0.25) is 0 Å². The van der Waals surface area contributed by atoms with Crippen LogP contribution in [-0.4, -0.2) is 11.6 Å². The molecule has 98 valence electrons. The van der Waals surface area contributed by atoms with Gasteiger partial charge in [-0.25, -0.2) is 0 Å². The maximum atomic E-state index is 6.11. The van der Waals surface area contributed by atoms with Crippen LogP contribution < -0.4 is 5.32 Å². The van der Waals surface area contributed by atoms with E-state index in [9.17, 15) is 0 Å². The van der Waals surface area contributed by atoms with Crippen molar-refractivity contribution in [2.24, 2.45) is 5.92 Å². The molecule has 0 aliphatic carbocycles. The third-order valence-corrected chi connectivity index (χ3v) is 3.48. The molecule has 1 aromatic heterocycles. The first kappa shape index (κ1) is 13.4. The lowest BCUT2D eigenvalue weighted by atomic mass is 10.1. The zero-order valence-corrected chi connectivity index (χ0v) is 12.1. The fraction of sp³-hybridized carbons (Fsp3) is 0.467. The molecule has 18 heavy (non-hydrogen) atoms. The van der Waals surface area contributed by atoms with Crippen molar-refractivity contribution in [3.63, 3.8) is 0 Å². The highest BCUT2D eigenvalue weighted by atomic mass is 35.5. The van der Waals surface area contributed by atoms with Crippen molar-refractivity contribution in [2.75, 3.05) is 7.05 Å². The summed E-state index contributed by atoms with van der Waals surface area (Å²) in [5, 5.41) is 5.33. The Morgan fingerprint density at radius 3 is 2.78 bits per heavy atom. The molecule has 1 N–H and O–H groups in total. The van der Waals surface area contributed by atoms with Crippen LogP contribution in [0.15, 0.2) is 24.4 Å². The maximum absolute atomic E-state index is 6.11. The van der Waals surface area contributed by atoms with Crippen molar-refractivity contribution in [1.29, 1.82) is 0 Å². The van der Waals surface area contributed by atoms with Crippen LogP contribution in [-0.2, 0) is 13.1 Å². The van der Waals surface area contributed by atoms with Crippen LogP contribution in [0.25, 0.3) is 10.9 Å². The fourth-order valence-electron chi connectivity index (χ4n) is 2.25. The summed E-state index contributed by atoms with van der Waals surface area (Å²) >= 11 is 6.11. The first-order valence-electron chi connectivity index (χ1n) is 6.53. The average Bonchev–Trinajstić information content (AvgIpc) is 2.65. The van der Waals surface area contributed by atoms with Crippen LogP contribution in [0.1, 0.15) is 25.8 Å². The predicted molar refractivity (Wildman–Crippen MR) is 79.2 cm³/mol. The van der Waals surface area contributed by atoms with E-state index < -0.39 is 0 Å². The number of fused-ring (bicyclic) bond motifs is 1. The molecule has 2 rings (SSSR count). The Kier molecular flexibility index (Phi) is 4.31. The standard InChI is InChI=1S/C15H21ClN2/c1-11(2)6-7-18-10-12(9-17-3)14-5-4-13(16)8-15(14)18/h4-5,8,10-11,17H,6-7,9H2,1-3H3. The summed E-state index contributed by atoms with van der Waals surface area (Å²) in [6, 6.07) is 6.16. The van der Waals surface area contributed by atoms with Gasteiger partial charge in [0.25, 0.3) is 0 Å². The SMILES string of the molecule is CNCc1cn(CCC(C)C)c2cc(Cl)ccc12. The molecule has 0 atom stereocenters. The van der Waals surface area contributed by atoms with Gasteiger partial charge in [-0.3, -0.25) is 0 Å². The topological polar surface area (TPSA) is 17.0 Å². The Labute approximate surface area is 114 Å². The number of aromatic nitrogens is 1. The third-order valence-electron chi connectivity index (χ3n) is 3.24. The Balaban J connectivity index is 2.41. The molecular formula is C15H21ClN2. The highest BCUT2D eigenvalue weighted by Gasteiger charge is 2.08. The van der Waals surface area contributed by atoms with Gasteiger partial charge in [-0.1, -0.05) is 31.5 Å². The molecule has 0 spiro atoms. The lowest BCUT2D eigenvalue weighted by molar-refractivity contribution is 0.523. The predicted octanol–water partition coefficient (Wildman–Crippen LogP) is 4.06. The molecule has 0 bridgehead atoms. The molecule has 2 aromatic rings. The van der Waals surface area contributed by atoms with E-state index in [4.69, 9.17) is 11.6 Å². The first-order chi connectivity index (χ1) is 8.61. The van der Waals surface area contributed by atoms with Crippen LogP contribution in [0.5, 0.6) is 0 Å². The molecule has 3 heteroatoms. The van der Waals surface area contributed by atoms with Crippen LogP contribution in [0.2, 0.25) is 5.02 Å². The minimum absolute atomic E-state index is 0.717. The van der Waals surface area contributed by atoms with E-state index in [1.54, 1.807) is 0 Å². The van der Waals surface area contributed by atoms with Gasteiger partial charge >= 0.3 is 0 Å². The van der Waals surface area contributed by atoms with Gasteiger partial charge in [0.1, 0.15) is 0 Å². The van der Waals surface area contributed by atoms with Crippen LogP contribution >= 0.6 is 11.6 Å². The molecule has 0 aliphatic rings. The number of halogens is 1. The summed E-state index contributed by atoms with van der Waals surface area (Å²) in [6.07, 6.45) is 3.44. The van der Waals surface area contributed by atoms with Gasteiger partial charge in [-0.05, 0) is 37.1 Å². The van der Waals surface area contributed by atoms with Crippen LogP contribution in [0.4, 0.5) is 0 Å². The van der Waals surface area contributed by atoms with Gasteiger partial charge in [-0.2, -0.15) is 0 Å². The van der Waals surface area contributed by atoms with Gasteiger partial charge in [0, 0.05) is 35.2 Å². The van der Waals surface area contributed by atoms with Crippen molar-refractivity contribution < 1.29 is 0 Å². The second-order valence-corrected chi connectivity index (χ2v) is 5.66. The van der Waals surface area contributed by atoms with Crippen molar-refractivity contribution >= 4 is 22.5 Å². The monoisotopic (exact) mass is 264 g/mol. The Bertz CT molecular complexity index is 529.